The molecule has 0 aromatic carbocycles. The number of allylic oxidation sites excluding steroid dienone is 4. The lowest BCUT2D eigenvalue weighted by molar-refractivity contribution is -0.150. The van der Waals surface area contributed by atoms with Gasteiger partial charge in [-0.05, 0) is 59.0 Å². The van der Waals surface area contributed by atoms with Crippen LogP contribution in [0.2, 0.25) is 0 Å². The lowest BCUT2D eigenvalue weighted by atomic mass is 10.1. The third kappa shape index (κ3) is 27.6. The van der Waals surface area contributed by atoms with Crippen molar-refractivity contribution >= 4 is 0 Å². The van der Waals surface area contributed by atoms with Crippen LogP contribution in [0.1, 0.15) is 136 Å². The SMILES string of the molecule is CCCCC/C=C/C/C=C\CCCCCCCCOC(CN(C)C)OCCCCCCCCC. The van der Waals surface area contributed by atoms with Crippen LogP contribution < -0.4 is 0 Å². The molecule has 0 radical (unpaired) electrons. The van der Waals surface area contributed by atoms with Crippen molar-refractivity contribution in [2.45, 2.75) is 142 Å². The molecule has 3 heteroatoms. The fourth-order valence-corrected chi connectivity index (χ4v) is 4.03. The standard InChI is InChI=1S/C31H61NO2/c1-5-7-9-11-13-14-15-16-17-18-19-20-21-23-25-27-29-34-31(30-32(3)4)33-28-26-24-22-12-10-8-6-2/h13-14,16-17,31H,5-12,15,18-30H2,1-4H3/b14-13+,17-16-. The second-order valence-electron chi connectivity index (χ2n) is 10.1. The summed E-state index contributed by atoms with van der Waals surface area (Å²) in [5, 5.41) is 0. The minimum absolute atomic E-state index is 0.0759. The van der Waals surface area contributed by atoms with Gasteiger partial charge in [0.15, 0.2) is 6.29 Å². The summed E-state index contributed by atoms with van der Waals surface area (Å²) in [6.07, 6.45) is 33.9. The summed E-state index contributed by atoms with van der Waals surface area (Å²) in [4.78, 5) is 2.16. The van der Waals surface area contributed by atoms with Crippen molar-refractivity contribution in [1.82, 2.24) is 4.90 Å². The Bertz CT molecular complexity index is 433. The van der Waals surface area contributed by atoms with Crippen LogP contribution in [0, 0.1) is 0 Å². The minimum atomic E-state index is -0.0759. The molecule has 0 aromatic heterocycles. The Morgan fingerprint density at radius 3 is 1.44 bits per heavy atom. The van der Waals surface area contributed by atoms with Gasteiger partial charge >= 0.3 is 0 Å². The van der Waals surface area contributed by atoms with Gasteiger partial charge in [0.05, 0.1) is 0 Å². The van der Waals surface area contributed by atoms with Gasteiger partial charge in [0.1, 0.15) is 0 Å². The molecule has 0 aromatic rings. The summed E-state index contributed by atoms with van der Waals surface area (Å²) in [5.41, 5.74) is 0. The van der Waals surface area contributed by atoms with Gasteiger partial charge in [0.25, 0.3) is 0 Å². The average Bonchev–Trinajstić information content (AvgIpc) is 2.82. The van der Waals surface area contributed by atoms with Crippen LogP contribution in [0.3, 0.4) is 0 Å². The van der Waals surface area contributed by atoms with E-state index in [2.05, 4.69) is 57.1 Å². The lowest BCUT2D eigenvalue weighted by Crippen LogP contribution is -2.31. The molecule has 3 nitrogen and oxygen atoms in total. The average molecular weight is 480 g/mol. The monoisotopic (exact) mass is 479 g/mol. The van der Waals surface area contributed by atoms with Crippen molar-refractivity contribution < 1.29 is 9.47 Å². The molecule has 34 heavy (non-hydrogen) atoms. The summed E-state index contributed by atoms with van der Waals surface area (Å²) >= 11 is 0. The molecule has 1 atom stereocenters. The normalized spacial score (nSPS) is 13.1. The van der Waals surface area contributed by atoms with Crippen molar-refractivity contribution in [2.24, 2.45) is 0 Å². The van der Waals surface area contributed by atoms with Crippen LogP contribution in [-0.2, 0) is 9.47 Å². The number of ether oxygens (including phenoxy) is 2. The van der Waals surface area contributed by atoms with E-state index in [1.54, 1.807) is 0 Å². The highest BCUT2D eigenvalue weighted by atomic mass is 16.7. The Labute approximate surface area is 214 Å². The van der Waals surface area contributed by atoms with Crippen molar-refractivity contribution in [3.63, 3.8) is 0 Å². The minimum Gasteiger partial charge on any atom is -0.351 e. The molecule has 0 aliphatic heterocycles. The molecule has 0 aliphatic carbocycles. The van der Waals surface area contributed by atoms with Crippen molar-refractivity contribution in [3.8, 4) is 0 Å². The van der Waals surface area contributed by atoms with Gasteiger partial charge < -0.3 is 14.4 Å². The molecule has 0 spiro atoms. The summed E-state index contributed by atoms with van der Waals surface area (Å²) in [7, 11) is 4.18. The second-order valence-corrected chi connectivity index (χ2v) is 10.1. The molecule has 0 bridgehead atoms. The largest absolute Gasteiger partial charge is 0.351 e. The topological polar surface area (TPSA) is 21.7 Å². The fourth-order valence-electron chi connectivity index (χ4n) is 4.03. The van der Waals surface area contributed by atoms with E-state index in [0.717, 1.165) is 39.0 Å². The smallest absolute Gasteiger partial charge is 0.170 e. The maximum absolute atomic E-state index is 6.05. The molecule has 202 valence electrons. The molecule has 0 N–H and O–H groups in total. The predicted octanol–water partition coefficient (Wildman–Crippen LogP) is 9.47. The van der Waals surface area contributed by atoms with E-state index in [1.807, 2.05) is 0 Å². The molecule has 0 amide bonds. The van der Waals surface area contributed by atoms with Crippen LogP contribution in [-0.4, -0.2) is 45.0 Å². The Morgan fingerprint density at radius 1 is 0.529 bits per heavy atom. The Kier molecular flexibility index (Phi) is 28.1. The Hall–Kier alpha value is -0.640. The molecule has 0 saturated carbocycles. The van der Waals surface area contributed by atoms with Gasteiger partial charge in [-0.15, -0.1) is 0 Å². The van der Waals surface area contributed by atoms with Crippen LogP contribution in [0.5, 0.6) is 0 Å². The molecule has 0 fully saturated rings. The molecule has 0 saturated heterocycles. The first-order chi connectivity index (χ1) is 16.7. The highest BCUT2D eigenvalue weighted by Gasteiger charge is 2.10. The molecule has 0 rings (SSSR count). The van der Waals surface area contributed by atoms with Gasteiger partial charge in [-0.1, -0.05) is 115 Å². The maximum atomic E-state index is 6.05. The molecule has 0 aliphatic rings. The third-order valence-corrected chi connectivity index (χ3v) is 6.21. The highest BCUT2D eigenvalue weighted by Crippen LogP contribution is 2.10. The molecular formula is C31H61NO2. The first-order valence-corrected chi connectivity index (χ1v) is 14.9. The van der Waals surface area contributed by atoms with Gasteiger partial charge in [-0.2, -0.15) is 0 Å². The quantitative estimate of drug-likeness (QED) is 0.0665. The van der Waals surface area contributed by atoms with Crippen molar-refractivity contribution in [1.29, 1.82) is 0 Å². The third-order valence-electron chi connectivity index (χ3n) is 6.21. The van der Waals surface area contributed by atoms with Crippen LogP contribution in [0.25, 0.3) is 0 Å². The molecule has 1 unspecified atom stereocenters. The number of hydrogen-bond acceptors (Lipinski definition) is 3. The van der Waals surface area contributed by atoms with Crippen molar-refractivity contribution in [3.05, 3.63) is 24.3 Å². The van der Waals surface area contributed by atoms with E-state index >= 15 is 0 Å². The number of hydrogen-bond donors (Lipinski definition) is 0. The summed E-state index contributed by atoms with van der Waals surface area (Å²) in [6.45, 7) is 7.03. The first-order valence-electron chi connectivity index (χ1n) is 14.9. The van der Waals surface area contributed by atoms with Crippen LogP contribution >= 0.6 is 0 Å². The fraction of sp³-hybridized carbons (Fsp3) is 0.871. The van der Waals surface area contributed by atoms with Gasteiger partial charge in [0.2, 0.25) is 0 Å². The number of likely N-dealkylation sites (N-methyl/N-ethyl adjacent to an activating group) is 1. The van der Waals surface area contributed by atoms with E-state index < -0.39 is 0 Å². The van der Waals surface area contributed by atoms with E-state index in [0.29, 0.717) is 0 Å². The van der Waals surface area contributed by atoms with Gasteiger partial charge in [-0.3, -0.25) is 0 Å². The van der Waals surface area contributed by atoms with Gasteiger partial charge in [0, 0.05) is 19.8 Å². The molecular weight excluding hydrogens is 418 g/mol. The van der Waals surface area contributed by atoms with E-state index in [9.17, 15) is 0 Å². The maximum Gasteiger partial charge on any atom is 0.170 e. The summed E-state index contributed by atoms with van der Waals surface area (Å²) < 4.78 is 12.1. The van der Waals surface area contributed by atoms with Gasteiger partial charge in [-0.25, -0.2) is 0 Å². The molecule has 0 heterocycles. The first kappa shape index (κ1) is 33.4. The highest BCUT2D eigenvalue weighted by molar-refractivity contribution is 4.92. The zero-order valence-corrected chi connectivity index (χ0v) is 23.7. The van der Waals surface area contributed by atoms with Crippen LogP contribution in [0.15, 0.2) is 24.3 Å². The Morgan fingerprint density at radius 2 is 0.941 bits per heavy atom. The zero-order valence-electron chi connectivity index (χ0n) is 23.7. The number of rotatable bonds is 27. The second kappa shape index (κ2) is 28.6. The van der Waals surface area contributed by atoms with E-state index in [1.165, 1.54) is 103 Å². The summed E-state index contributed by atoms with van der Waals surface area (Å²) in [6, 6.07) is 0. The number of nitrogens with zero attached hydrogens (tertiary/aromatic N) is 1. The lowest BCUT2D eigenvalue weighted by Gasteiger charge is -2.22. The predicted molar refractivity (Wildman–Crippen MR) is 152 cm³/mol. The number of unbranched alkanes of at least 4 members (excludes halogenated alkanes) is 15. The zero-order chi connectivity index (χ0) is 25.0. The van der Waals surface area contributed by atoms with Crippen LogP contribution in [0.4, 0.5) is 0 Å². The van der Waals surface area contributed by atoms with E-state index in [4.69, 9.17) is 9.47 Å². The Balaban J connectivity index is 3.55. The van der Waals surface area contributed by atoms with E-state index in [-0.39, 0.29) is 6.29 Å². The van der Waals surface area contributed by atoms with Crippen molar-refractivity contribution in [2.75, 3.05) is 33.9 Å². The summed E-state index contributed by atoms with van der Waals surface area (Å²) in [5.74, 6) is 0.